The zero-order chi connectivity index (χ0) is 10.6. The fraction of sp³-hybridized carbons (Fsp3) is 0.750. The summed E-state index contributed by atoms with van der Waals surface area (Å²) >= 11 is 0. The van der Waals surface area contributed by atoms with Gasteiger partial charge in [-0.05, 0) is 0 Å². The molecule has 6 nitrogen and oxygen atoms in total. The van der Waals surface area contributed by atoms with Crippen LogP contribution in [-0.2, 0) is 19.1 Å². The van der Waals surface area contributed by atoms with Crippen LogP contribution < -0.4 is 0 Å². The number of carbonyl (C=O) groups is 2. The van der Waals surface area contributed by atoms with Gasteiger partial charge >= 0.3 is 0 Å². The maximum atomic E-state index is 11.3. The third-order valence-electron chi connectivity index (χ3n) is 1.92. The van der Waals surface area contributed by atoms with Gasteiger partial charge in [-0.15, -0.1) is 0 Å². The number of aliphatic hydroxyl groups is 1. The van der Waals surface area contributed by atoms with Crippen LogP contribution >= 0.6 is 0 Å². The van der Waals surface area contributed by atoms with Gasteiger partial charge in [-0.2, -0.15) is 0 Å². The largest absolute Gasteiger partial charge is 0.394 e. The Balaban J connectivity index is 2.69. The van der Waals surface area contributed by atoms with Gasteiger partial charge in [-0.3, -0.25) is 14.5 Å². The topological polar surface area (TPSA) is 76.1 Å². The molecule has 80 valence electrons. The van der Waals surface area contributed by atoms with Crippen molar-refractivity contribution in [3.8, 4) is 0 Å². The number of rotatable bonds is 4. The SMILES string of the molecule is COCC(CO)N1C(=O)COCC1=O. The summed E-state index contributed by atoms with van der Waals surface area (Å²) in [6.07, 6.45) is 0. The molecule has 14 heavy (non-hydrogen) atoms. The van der Waals surface area contributed by atoms with Crippen molar-refractivity contribution < 1.29 is 24.2 Å². The molecule has 0 aromatic heterocycles. The molecular weight excluding hydrogens is 190 g/mol. The quantitative estimate of drug-likeness (QED) is 0.556. The van der Waals surface area contributed by atoms with E-state index in [9.17, 15) is 9.59 Å². The molecule has 1 rings (SSSR count). The number of hydrogen-bond donors (Lipinski definition) is 1. The summed E-state index contributed by atoms with van der Waals surface area (Å²) < 4.78 is 9.53. The summed E-state index contributed by atoms with van der Waals surface area (Å²) in [4.78, 5) is 23.6. The zero-order valence-corrected chi connectivity index (χ0v) is 7.93. The predicted octanol–water partition coefficient (Wildman–Crippen LogP) is -1.62. The van der Waals surface area contributed by atoms with E-state index in [1.807, 2.05) is 0 Å². The van der Waals surface area contributed by atoms with Gasteiger partial charge in [0.15, 0.2) is 0 Å². The van der Waals surface area contributed by atoms with Crippen LogP contribution in [0, 0.1) is 0 Å². The second kappa shape index (κ2) is 5.04. The minimum Gasteiger partial charge on any atom is -0.394 e. The Bertz CT molecular complexity index is 214. The minimum absolute atomic E-state index is 0.119. The molecule has 1 unspecified atom stereocenters. The molecule has 1 N–H and O–H groups in total. The van der Waals surface area contributed by atoms with E-state index >= 15 is 0 Å². The van der Waals surface area contributed by atoms with Crippen molar-refractivity contribution >= 4 is 11.8 Å². The number of hydrogen-bond acceptors (Lipinski definition) is 5. The molecule has 1 heterocycles. The van der Waals surface area contributed by atoms with E-state index in [2.05, 4.69) is 0 Å². The maximum Gasteiger partial charge on any atom is 0.255 e. The molecule has 1 saturated heterocycles. The van der Waals surface area contributed by atoms with Crippen molar-refractivity contribution in [1.29, 1.82) is 0 Å². The van der Waals surface area contributed by atoms with Crippen molar-refractivity contribution in [3.63, 3.8) is 0 Å². The first-order chi connectivity index (χ1) is 6.70. The molecule has 0 aromatic carbocycles. The number of methoxy groups -OCH3 is 1. The molecule has 0 radical (unpaired) electrons. The number of carbonyl (C=O) groups excluding carboxylic acids is 2. The first-order valence-electron chi connectivity index (χ1n) is 4.23. The van der Waals surface area contributed by atoms with Crippen LogP contribution in [0.5, 0.6) is 0 Å². The maximum absolute atomic E-state index is 11.3. The second-order valence-electron chi connectivity index (χ2n) is 2.94. The van der Waals surface area contributed by atoms with Crippen LogP contribution in [0.4, 0.5) is 0 Å². The van der Waals surface area contributed by atoms with Crippen molar-refractivity contribution in [2.45, 2.75) is 6.04 Å². The van der Waals surface area contributed by atoms with E-state index in [1.165, 1.54) is 7.11 Å². The Hall–Kier alpha value is -0.980. The Morgan fingerprint density at radius 3 is 2.50 bits per heavy atom. The fourth-order valence-corrected chi connectivity index (χ4v) is 1.31. The van der Waals surface area contributed by atoms with Gasteiger partial charge < -0.3 is 14.6 Å². The van der Waals surface area contributed by atoms with E-state index in [0.717, 1.165) is 4.90 Å². The lowest BCUT2D eigenvalue weighted by Gasteiger charge is -2.31. The Morgan fingerprint density at radius 2 is 2.07 bits per heavy atom. The monoisotopic (exact) mass is 203 g/mol. The van der Waals surface area contributed by atoms with Crippen LogP contribution in [-0.4, -0.2) is 61.4 Å². The summed E-state index contributed by atoms with van der Waals surface area (Å²) in [5.41, 5.74) is 0. The smallest absolute Gasteiger partial charge is 0.255 e. The minimum atomic E-state index is -0.608. The third-order valence-corrected chi connectivity index (χ3v) is 1.92. The van der Waals surface area contributed by atoms with Crippen molar-refractivity contribution in [1.82, 2.24) is 4.90 Å². The molecule has 1 aliphatic heterocycles. The highest BCUT2D eigenvalue weighted by Gasteiger charge is 2.32. The average molecular weight is 203 g/mol. The zero-order valence-electron chi connectivity index (χ0n) is 7.93. The van der Waals surface area contributed by atoms with E-state index in [1.54, 1.807) is 0 Å². The molecule has 2 amide bonds. The lowest BCUT2D eigenvalue weighted by molar-refractivity contribution is -0.164. The average Bonchev–Trinajstić information content (AvgIpc) is 2.16. The molecular formula is C8H13NO5. The van der Waals surface area contributed by atoms with Gasteiger partial charge in [0, 0.05) is 7.11 Å². The van der Waals surface area contributed by atoms with Crippen LogP contribution in [0.25, 0.3) is 0 Å². The molecule has 1 fully saturated rings. The predicted molar refractivity (Wildman–Crippen MR) is 45.4 cm³/mol. The number of nitrogens with zero attached hydrogens (tertiary/aromatic N) is 1. The number of ether oxygens (including phenoxy) is 2. The lowest BCUT2D eigenvalue weighted by atomic mass is 10.2. The van der Waals surface area contributed by atoms with Gasteiger partial charge in [0.05, 0.1) is 19.3 Å². The normalized spacial score (nSPS) is 20.0. The highest BCUT2D eigenvalue weighted by Crippen LogP contribution is 2.06. The van der Waals surface area contributed by atoms with Gasteiger partial charge in [-0.1, -0.05) is 0 Å². The van der Waals surface area contributed by atoms with Crippen LogP contribution in [0.15, 0.2) is 0 Å². The Labute approximate surface area is 81.4 Å². The summed E-state index contributed by atoms with van der Waals surface area (Å²) in [5.74, 6) is -0.866. The molecule has 0 saturated carbocycles. The Kier molecular flexibility index (Phi) is 3.99. The first-order valence-corrected chi connectivity index (χ1v) is 4.23. The van der Waals surface area contributed by atoms with Crippen molar-refractivity contribution in [2.24, 2.45) is 0 Å². The van der Waals surface area contributed by atoms with Crippen LogP contribution in [0.1, 0.15) is 0 Å². The van der Waals surface area contributed by atoms with Gasteiger partial charge in [0.2, 0.25) is 0 Å². The van der Waals surface area contributed by atoms with Crippen LogP contribution in [0.3, 0.4) is 0 Å². The van der Waals surface area contributed by atoms with E-state index in [-0.39, 0.29) is 26.4 Å². The molecule has 0 aliphatic carbocycles. The number of aliphatic hydroxyl groups excluding tert-OH is 1. The highest BCUT2D eigenvalue weighted by molar-refractivity contribution is 5.98. The molecule has 1 atom stereocenters. The van der Waals surface area contributed by atoms with Crippen molar-refractivity contribution in [3.05, 3.63) is 0 Å². The highest BCUT2D eigenvalue weighted by atomic mass is 16.5. The van der Waals surface area contributed by atoms with Gasteiger partial charge in [0.1, 0.15) is 13.2 Å². The number of amides is 2. The lowest BCUT2D eigenvalue weighted by Crippen LogP contribution is -2.54. The number of morpholine rings is 1. The summed E-state index contributed by atoms with van der Waals surface area (Å²) in [7, 11) is 1.44. The van der Waals surface area contributed by atoms with Crippen molar-refractivity contribution in [2.75, 3.05) is 33.5 Å². The standard InChI is InChI=1S/C8H13NO5/c1-13-3-6(2-10)9-7(11)4-14-5-8(9)12/h6,10H,2-5H2,1H3. The third kappa shape index (κ3) is 2.28. The Morgan fingerprint density at radius 1 is 1.50 bits per heavy atom. The van der Waals surface area contributed by atoms with E-state index in [4.69, 9.17) is 14.6 Å². The summed E-state index contributed by atoms with van der Waals surface area (Å²) in [6, 6.07) is -0.608. The fourth-order valence-electron chi connectivity index (χ4n) is 1.31. The van der Waals surface area contributed by atoms with Gasteiger partial charge in [0.25, 0.3) is 11.8 Å². The molecule has 6 heteroatoms. The number of imide groups is 1. The summed E-state index contributed by atoms with van der Waals surface area (Å²) in [5, 5.41) is 8.98. The molecule has 1 aliphatic rings. The van der Waals surface area contributed by atoms with Gasteiger partial charge in [-0.25, -0.2) is 0 Å². The molecule has 0 aromatic rings. The second-order valence-corrected chi connectivity index (χ2v) is 2.94. The van der Waals surface area contributed by atoms with Crippen LogP contribution in [0.2, 0.25) is 0 Å². The van der Waals surface area contributed by atoms with E-state index in [0.29, 0.717) is 0 Å². The summed E-state index contributed by atoms with van der Waals surface area (Å²) in [6.45, 7) is -0.406. The molecule has 0 spiro atoms. The molecule has 0 bridgehead atoms. The van der Waals surface area contributed by atoms with E-state index < -0.39 is 17.9 Å². The first kappa shape index (κ1) is 11.1.